The van der Waals surface area contributed by atoms with Gasteiger partial charge in [0.2, 0.25) is 0 Å². The number of aromatic hydroxyl groups is 1. The van der Waals surface area contributed by atoms with E-state index in [0.717, 1.165) is 17.7 Å². The van der Waals surface area contributed by atoms with E-state index in [1.807, 2.05) is 13.8 Å². The molecule has 2 N–H and O–H groups in total. The number of aryl methyl sites for hydroxylation is 2. The summed E-state index contributed by atoms with van der Waals surface area (Å²) in [5.41, 5.74) is 3.91. The zero-order chi connectivity index (χ0) is 13.7. The Bertz CT molecular complexity index is 437. The van der Waals surface area contributed by atoms with Gasteiger partial charge in [0.05, 0.1) is 0 Å². The topological polar surface area (TPSA) is 32.3 Å². The summed E-state index contributed by atoms with van der Waals surface area (Å²) < 4.78 is 0. The van der Waals surface area contributed by atoms with Crippen molar-refractivity contribution in [3.05, 3.63) is 28.8 Å². The molecule has 1 aliphatic rings. The van der Waals surface area contributed by atoms with E-state index in [0.29, 0.717) is 22.6 Å². The molecule has 0 amide bonds. The van der Waals surface area contributed by atoms with Crippen molar-refractivity contribution in [3.8, 4) is 5.75 Å². The van der Waals surface area contributed by atoms with Crippen LogP contribution in [-0.4, -0.2) is 11.1 Å². The number of hydrogen-bond acceptors (Lipinski definition) is 2. The van der Waals surface area contributed by atoms with Crippen LogP contribution in [0.15, 0.2) is 12.1 Å². The number of phenolic OH excluding ortho intramolecular Hbond substituents is 1. The van der Waals surface area contributed by atoms with Gasteiger partial charge in [-0.2, -0.15) is 0 Å². The molecule has 0 atom stereocenters. The zero-order valence-electron chi connectivity index (χ0n) is 12.4. The molecule has 0 radical (unpaired) electrons. The van der Waals surface area contributed by atoms with Crippen molar-refractivity contribution >= 4 is 0 Å². The molecule has 100 valence electrons. The van der Waals surface area contributed by atoms with Gasteiger partial charge >= 0.3 is 0 Å². The third-order valence-corrected chi connectivity index (χ3v) is 5.08. The molecular formula is C16H25NO. The summed E-state index contributed by atoms with van der Waals surface area (Å²) in [5, 5.41) is 13.4. The Morgan fingerprint density at radius 1 is 1.06 bits per heavy atom. The van der Waals surface area contributed by atoms with Gasteiger partial charge in [-0.3, -0.25) is 0 Å². The summed E-state index contributed by atoms with van der Waals surface area (Å²) in [4.78, 5) is 0. The molecular weight excluding hydrogens is 222 g/mol. The Morgan fingerprint density at radius 2 is 1.50 bits per heavy atom. The molecule has 0 unspecified atom stereocenters. The van der Waals surface area contributed by atoms with Crippen LogP contribution in [0.3, 0.4) is 0 Å². The normalized spacial score (nSPS) is 21.0. The van der Waals surface area contributed by atoms with Crippen molar-refractivity contribution in [2.24, 2.45) is 10.8 Å². The number of benzene rings is 1. The molecule has 2 heteroatoms. The summed E-state index contributed by atoms with van der Waals surface area (Å²) in [5.74, 6) is 0.422. The van der Waals surface area contributed by atoms with Gasteiger partial charge in [0.15, 0.2) is 0 Å². The van der Waals surface area contributed by atoms with E-state index in [4.69, 9.17) is 0 Å². The molecule has 0 saturated heterocycles. The van der Waals surface area contributed by atoms with Crippen LogP contribution >= 0.6 is 0 Å². The van der Waals surface area contributed by atoms with E-state index in [-0.39, 0.29) is 0 Å². The predicted octanol–water partition coefficient (Wildman–Crippen LogP) is 3.53. The third kappa shape index (κ3) is 1.93. The highest BCUT2D eigenvalue weighted by Gasteiger charge is 2.64. The summed E-state index contributed by atoms with van der Waals surface area (Å²) >= 11 is 0. The molecule has 0 aliphatic heterocycles. The maximum atomic E-state index is 9.77. The first-order chi connectivity index (χ1) is 8.18. The fraction of sp³-hybridized carbons (Fsp3) is 0.625. The van der Waals surface area contributed by atoms with E-state index in [2.05, 4.69) is 45.1 Å². The van der Waals surface area contributed by atoms with Gasteiger partial charge in [-0.25, -0.2) is 0 Å². The van der Waals surface area contributed by atoms with E-state index in [1.165, 1.54) is 5.56 Å². The van der Waals surface area contributed by atoms with Crippen LogP contribution in [0.1, 0.15) is 44.4 Å². The number of rotatable bonds is 3. The third-order valence-electron chi connectivity index (χ3n) is 5.08. The molecule has 1 fully saturated rings. The van der Waals surface area contributed by atoms with Gasteiger partial charge in [0.25, 0.3) is 0 Å². The standard InChI is InChI=1S/C16H25NO/c1-10-7-12(8-11(2)13(10)18)9-17-14-15(3,4)16(14,5)6/h7-8,14,17-18H,9H2,1-6H3. The summed E-state index contributed by atoms with van der Waals surface area (Å²) in [6.07, 6.45) is 0. The minimum Gasteiger partial charge on any atom is -0.507 e. The molecule has 1 saturated carbocycles. The fourth-order valence-electron chi connectivity index (χ4n) is 3.07. The minimum absolute atomic E-state index is 0.369. The molecule has 0 aromatic heterocycles. The highest BCUT2D eigenvalue weighted by Crippen LogP contribution is 2.62. The Hall–Kier alpha value is -1.02. The second-order valence-electron chi connectivity index (χ2n) is 6.84. The SMILES string of the molecule is Cc1cc(CNC2C(C)(C)C2(C)C)cc(C)c1O. The lowest BCUT2D eigenvalue weighted by Gasteiger charge is -2.10. The van der Waals surface area contributed by atoms with Crippen molar-refractivity contribution in [2.45, 2.75) is 54.1 Å². The minimum atomic E-state index is 0.369. The molecule has 1 aromatic rings. The van der Waals surface area contributed by atoms with Gasteiger partial charge < -0.3 is 10.4 Å². The first-order valence-corrected chi connectivity index (χ1v) is 6.70. The fourth-order valence-corrected chi connectivity index (χ4v) is 3.07. The predicted molar refractivity (Wildman–Crippen MR) is 75.8 cm³/mol. The van der Waals surface area contributed by atoms with Crippen LogP contribution in [0.2, 0.25) is 0 Å². The van der Waals surface area contributed by atoms with Crippen LogP contribution < -0.4 is 5.32 Å². The van der Waals surface area contributed by atoms with Crippen molar-refractivity contribution in [3.63, 3.8) is 0 Å². The highest BCUT2D eigenvalue weighted by molar-refractivity contribution is 5.42. The molecule has 0 bridgehead atoms. The first kappa shape index (κ1) is 13.4. The van der Waals surface area contributed by atoms with Crippen molar-refractivity contribution < 1.29 is 5.11 Å². The van der Waals surface area contributed by atoms with Crippen molar-refractivity contribution in [1.82, 2.24) is 5.32 Å². The van der Waals surface area contributed by atoms with Gasteiger partial charge in [-0.05, 0) is 41.4 Å². The van der Waals surface area contributed by atoms with E-state index in [9.17, 15) is 5.11 Å². The average Bonchev–Trinajstić information content (AvgIpc) is 2.63. The van der Waals surface area contributed by atoms with E-state index in [1.54, 1.807) is 0 Å². The van der Waals surface area contributed by atoms with Crippen LogP contribution in [-0.2, 0) is 6.54 Å². The van der Waals surface area contributed by atoms with E-state index < -0.39 is 0 Å². The molecule has 0 spiro atoms. The Labute approximate surface area is 110 Å². The Kier molecular flexibility index (Phi) is 2.97. The summed E-state index contributed by atoms with van der Waals surface area (Å²) in [6, 6.07) is 4.70. The lowest BCUT2D eigenvalue weighted by Crippen LogP contribution is -2.21. The second-order valence-corrected chi connectivity index (χ2v) is 6.84. The van der Waals surface area contributed by atoms with Gasteiger partial charge in [0, 0.05) is 12.6 Å². The molecule has 1 aliphatic carbocycles. The maximum Gasteiger partial charge on any atom is 0.121 e. The molecule has 0 heterocycles. The lowest BCUT2D eigenvalue weighted by atomic mass is 10.0. The maximum absolute atomic E-state index is 9.77. The van der Waals surface area contributed by atoms with Crippen LogP contribution in [0.25, 0.3) is 0 Å². The largest absolute Gasteiger partial charge is 0.507 e. The number of phenols is 1. The van der Waals surface area contributed by atoms with Crippen LogP contribution in [0, 0.1) is 24.7 Å². The van der Waals surface area contributed by atoms with Gasteiger partial charge in [-0.1, -0.05) is 39.8 Å². The highest BCUT2D eigenvalue weighted by atomic mass is 16.3. The van der Waals surface area contributed by atoms with Gasteiger partial charge in [0.1, 0.15) is 5.75 Å². The molecule has 1 aromatic carbocycles. The second kappa shape index (κ2) is 3.99. The summed E-state index contributed by atoms with van der Waals surface area (Å²) in [7, 11) is 0. The Morgan fingerprint density at radius 3 is 1.89 bits per heavy atom. The summed E-state index contributed by atoms with van der Waals surface area (Å²) in [6.45, 7) is 14.1. The first-order valence-electron chi connectivity index (χ1n) is 6.70. The van der Waals surface area contributed by atoms with Crippen molar-refractivity contribution in [1.29, 1.82) is 0 Å². The van der Waals surface area contributed by atoms with Gasteiger partial charge in [-0.15, -0.1) is 0 Å². The average molecular weight is 247 g/mol. The van der Waals surface area contributed by atoms with E-state index >= 15 is 0 Å². The lowest BCUT2D eigenvalue weighted by molar-refractivity contribution is 0.457. The molecule has 18 heavy (non-hydrogen) atoms. The van der Waals surface area contributed by atoms with Crippen LogP contribution in [0.4, 0.5) is 0 Å². The quantitative estimate of drug-likeness (QED) is 0.856. The Balaban J connectivity index is 2.05. The zero-order valence-corrected chi connectivity index (χ0v) is 12.4. The van der Waals surface area contributed by atoms with Crippen LogP contribution in [0.5, 0.6) is 5.75 Å². The monoisotopic (exact) mass is 247 g/mol. The molecule has 2 nitrogen and oxygen atoms in total. The number of nitrogens with one attached hydrogen (secondary N) is 1. The molecule has 2 rings (SSSR count). The smallest absolute Gasteiger partial charge is 0.121 e. The van der Waals surface area contributed by atoms with Crippen molar-refractivity contribution in [2.75, 3.05) is 0 Å². The number of hydrogen-bond donors (Lipinski definition) is 2.